The van der Waals surface area contributed by atoms with Gasteiger partial charge in [-0.25, -0.2) is 0 Å². The van der Waals surface area contributed by atoms with Crippen molar-refractivity contribution in [2.24, 2.45) is 0 Å². The fourth-order valence-electron chi connectivity index (χ4n) is 2.56. The molecule has 0 radical (unpaired) electrons. The molecule has 0 aliphatic rings. The van der Waals surface area contributed by atoms with Crippen LogP contribution in [-0.4, -0.2) is 23.9 Å². The van der Waals surface area contributed by atoms with Gasteiger partial charge in [-0.1, -0.05) is 26.0 Å². The van der Waals surface area contributed by atoms with Gasteiger partial charge in [-0.2, -0.15) is 0 Å². The third-order valence-electron chi connectivity index (χ3n) is 3.69. The van der Waals surface area contributed by atoms with Crippen LogP contribution in [-0.2, 0) is 9.59 Å². The molecule has 2 amide bonds. The molecule has 0 spiro atoms. The molecule has 0 fully saturated rings. The first kappa shape index (κ1) is 21.4. The highest BCUT2D eigenvalue weighted by atomic mass is 16.2. The molecule has 2 atom stereocenters. The summed E-state index contributed by atoms with van der Waals surface area (Å²) in [5, 5.41) is 6.14. The Labute approximate surface area is 141 Å². The van der Waals surface area contributed by atoms with Crippen LogP contribution in [0.3, 0.4) is 0 Å². The van der Waals surface area contributed by atoms with E-state index in [4.69, 9.17) is 0 Å². The van der Waals surface area contributed by atoms with Gasteiger partial charge in [-0.15, -0.1) is 13.2 Å². The molecule has 2 unspecified atom stereocenters. The molecular formula is C19H34N2O2. The molecule has 0 aromatic rings. The molecule has 2 N–H and O–H groups in total. The van der Waals surface area contributed by atoms with Gasteiger partial charge in [0.1, 0.15) is 0 Å². The average molecular weight is 322 g/mol. The smallest absolute Gasteiger partial charge is 0.220 e. The third kappa shape index (κ3) is 11.6. The summed E-state index contributed by atoms with van der Waals surface area (Å²) in [5.41, 5.74) is 0. The van der Waals surface area contributed by atoms with Gasteiger partial charge >= 0.3 is 0 Å². The molecule has 0 saturated carbocycles. The van der Waals surface area contributed by atoms with Gasteiger partial charge in [0.25, 0.3) is 0 Å². The zero-order chi connectivity index (χ0) is 17.5. The largest absolute Gasteiger partial charge is 0.353 e. The summed E-state index contributed by atoms with van der Waals surface area (Å²) in [6.45, 7) is 11.5. The van der Waals surface area contributed by atoms with E-state index in [0.29, 0.717) is 12.8 Å². The predicted octanol–water partition coefficient (Wildman–Crippen LogP) is 3.88. The van der Waals surface area contributed by atoms with Crippen molar-refractivity contribution in [2.75, 3.05) is 0 Å². The summed E-state index contributed by atoms with van der Waals surface area (Å²) in [6.07, 6.45) is 10.9. The second-order valence-electron chi connectivity index (χ2n) is 6.01. The minimum Gasteiger partial charge on any atom is -0.353 e. The summed E-state index contributed by atoms with van der Waals surface area (Å²) in [7, 11) is 0. The number of hydrogen-bond donors (Lipinski definition) is 2. The maximum Gasteiger partial charge on any atom is 0.220 e. The van der Waals surface area contributed by atoms with E-state index >= 15 is 0 Å². The molecule has 0 aliphatic carbocycles. The molecule has 0 aromatic carbocycles. The summed E-state index contributed by atoms with van der Waals surface area (Å²) in [6, 6.07) is 0.282. The Morgan fingerprint density at radius 3 is 1.57 bits per heavy atom. The fraction of sp³-hybridized carbons (Fsp3) is 0.684. The van der Waals surface area contributed by atoms with Crippen molar-refractivity contribution < 1.29 is 9.59 Å². The van der Waals surface area contributed by atoms with E-state index in [-0.39, 0.29) is 23.9 Å². The second-order valence-corrected chi connectivity index (χ2v) is 6.01. The zero-order valence-electron chi connectivity index (χ0n) is 14.9. The van der Waals surface area contributed by atoms with Gasteiger partial charge in [-0.3, -0.25) is 9.59 Å². The molecule has 0 heterocycles. The van der Waals surface area contributed by atoms with Crippen LogP contribution in [0.5, 0.6) is 0 Å². The van der Waals surface area contributed by atoms with Crippen LogP contribution in [0, 0.1) is 0 Å². The lowest BCUT2D eigenvalue weighted by Gasteiger charge is -2.20. The van der Waals surface area contributed by atoms with E-state index in [9.17, 15) is 9.59 Å². The Bertz CT molecular complexity index is 332. The maximum atomic E-state index is 11.7. The molecule has 4 nitrogen and oxygen atoms in total. The minimum absolute atomic E-state index is 0.109. The number of hydrogen-bond acceptors (Lipinski definition) is 2. The van der Waals surface area contributed by atoms with Crippen LogP contribution in [0.15, 0.2) is 25.3 Å². The highest BCUT2D eigenvalue weighted by Crippen LogP contribution is 2.11. The van der Waals surface area contributed by atoms with Crippen molar-refractivity contribution in [3.63, 3.8) is 0 Å². The normalized spacial score (nSPS) is 13.0. The van der Waals surface area contributed by atoms with Crippen molar-refractivity contribution >= 4 is 11.8 Å². The lowest BCUT2D eigenvalue weighted by molar-refractivity contribution is -0.122. The molecule has 132 valence electrons. The molecule has 0 aliphatic heterocycles. The lowest BCUT2D eigenvalue weighted by Crippen LogP contribution is -2.36. The van der Waals surface area contributed by atoms with E-state index in [1.807, 2.05) is 26.0 Å². The van der Waals surface area contributed by atoms with E-state index in [0.717, 1.165) is 44.9 Å². The molecule has 0 rings (SSSR count). The van der Waals surface area contributed by atoms with E-state index in [1.54, 1.807) is 0 Å². The van der Waals surface area contributed by atoms with Crippen LogP contribution in [0.1, 0.15) is 71.6 Å². The van der Waals surface area contributed by atoms with Gasteiger partial charge in [0.2, 0.25) is 11.8 Å². The number of carbonyl (C=O) groups excluding carboxylic acids is 2. The van der Waals surface area contributed by atoms with Gasteiger partial charge in [-0.05, 0) is 44.9 Å². The van der Waals surface area contributed by atoms with Crippen LogP contribution in [0.25, 0.3) is 0 Å². The summed E-state index contributed by atoms with van der Waals surface area (Å²) in [5.74, 6) is 0.219. The molecule has 4 heteroatoms. The average Bonchev–Trinajstić information content (AvgIpc) is 2.48. The van der Waals surface area contributed by atoms with Crippen molar-refractivity contribution in [2.45, 2.75) is 83.7 Å². The Morgan fingerprint density at radius 2 is 1.26 bits per heavy atom. The monoisotopic (exact) mass is 322 g/mol. The Morgan fingerprint density at radius 1 is 0.870 bits per heavy atom. The van der Waals surface area contributed by atoms with Crippen LogP contribution >= 0.6 is 0 Å². The number of amides is 2. The van der Waals surface area contributed by atoms with E-state index in [2.05, 4.69) is 23.8 Å². The quantitative estimate of drug-likeness (QED) is 0.477. The first-order chi connectivity index (χ1) is 11.1. The number of rotatable bonds is 14. The van der Waals surface area contributed by atoms with Crippen molar-refractivity contribution in [1.82, 2.24) is 10.6 Å². The highest BCUT2D eigenvalue weighted by Gasteiger charge is 2.14. The van der Waals surface area contributed by atoms with Crippen molar-refractivity contribution in [3.05, 3.63) is 25.3 Å². The van der Waals surface area contributed by atoms with Gasteiger partial charge < -0.3 is 10.6 Å². The van der Waals surface area contributed by atoms with E-state index < -0.39 is 0 Å². The van der Waals surface area contributed by atoms with Gasteiger partial charge in [0.05, 0.1) is 0 Å². The summed E-state index contributed by atoms with van der Waals surface area (Å²) in [4.78, 5) is 23.5. The maximum absolute atomic E-state index is 11.7. The SMILES string of the molecule is C=CCC(CCCC(CC=C)NC(=O)CCC)NC(=O)CCC. The molecule has 0 bridgehead atoms. The summed E-state index contributed by atoms with van der Waals surface area (Å²) < 4.78 is 0. The van der Waals surface area contributed by atoms with Crippen LogP contribution in [0.4, 0.5) is 0 Å². The second kappa shape index (κ2) is 14.0. The predicted molar refractivity (Wildman–Crippen MR) is 97.2 cm³/mol. The molecule has 23 heavy (non-hydrogen) atoms. The fourth-order valence-corrected chi connectivity index (χ4v) is 2.56. The minimum atomic E-state index is 0.109. The first-order valence-corrected chi connectivity index (χ1v) is 8.87. The Balaban J connectivity index is 4.28. The standard InChI is InChI=1S/C19H34N2O2/c1-5-10-16(20-18(22)12-7-3)14-9-15-17(11-6-2)21-19(23)13-8-4/h5-6,16-17H,1-2,7-15H2,3-4H3,(H,20,22)(H,21,23). The van der Waals surface area contributed by atoms with Gasteiger partial charge in [0, 0.05) is 24.9 Å². The van der Waals surface area contributed by atoms with Gasteiger partial charge in [0.15, 0.2) is 0 Å². The molecule has 0 aromatic heterocycles. The van der Waals surface area contributed by atoms with Crippen molar-refractivity contribution in [1.29, 1.82) is 0 Å². The first-order valence-electron chi connectivity index (χ1n) is 8.87. The Kier molecular flexibility index (Phi) is 13.1. The lowest BCUT2D eigenvalue weighted by atomic mass is 10.0. The number of nitrogens with one attached hydrogen (secondary N) is 2. The Hall–Kier alpha value is -1.58. The van der Waals surface area contributed by atoms with Crippen LogP contribution in [0.2, 0.25) is 0 Å². The third-order valence-corrected chi connectivity index (χ3v) is 3.69. The van der Waals surface area contributed by atoms with Crippen molar-refractivity contribution in [3.8, 4) is 0 Å². The molecule has 0 saturated heterocycles. The van der Waals surface area contributed by atoms with E-state index in [1.165, 1.54) is 0 Å². The molecular weight excluding hydrogens is 288 g/mol. The number of carbonyl (C=O) groups is 2. The van der Waals surface area contributed by atoms with Crippen LogP contribution < -0.4 is 10.6 Å². The topological polar surface area (TPSA) is 58.2 Å². The highest BCUT2D eigenvalue weighted by molar-refractivity contribution is 5.76. The zero-order valence-corrected chi connectivity index (χ0v) is 14.9. The summed E-state index contributed by atoms with van der Waals surface area (Å²) >= 11 is 0.